The van der Waals surface area contributed by atoms with Crippen LogP contribution in [0.4, 0.5) is 5.69 Å². The number of anilines is 1. The zero-order chi connectivity index (χ0) is 20.8. The number of nitrogens with zero attached hydrogens (tertiary/aromatic N) is 1. The molecule has 29 heavy (non-hydrogen) atoms. The summed E-state index contributed by atoms with van der Waals surface area (Å²) in [6.07, 6.45) is 1.01. The fourth-order valence-electron chi connectivity index (χ4n) is 3.54. The molecule has 0 bridgehead atoms. The lowest BCUT2D eigenvalue weighted by Gasteiger charge is -2.29. The maximum absolute atomic E-state index is 12.7. The van der Waals surface area contributed by atoms with E-state index in [-0.39, 0.29) is 42.0 Å². The summed E-state index contributed by atoms with van der Waals surface area (Å²) >= 11 is 0. The quantitative estimate of drug-likeness (QED) is 0.709. The largest absolute Gasteiger partial charge is 0.448 e. The molecule has 0 aliphatic carbocycles. The second-order valence-electron chi connectivity index (χ2n) is 6.95. The molecule has 2 N–H and O–H groups in total. The van der Waals surface area contributed by atoms with E-state index in [1.807, 2.05) is 6.92 Å². The molecule has 4 rings (SSSR count). The van der Waals surface area contributed by atoms with E-state index in [9.17, 15) is 22.8 Å². The molecule has 1 fully saturated rings. The highest BCUT2D eigenvalue weighted by atomic mass is 32.2. The summed E-state index contributed by atoms with van der Waals surface area (Å²) in [6.45, 7) is 2.02. The van der Waals surface area contributed by atoms with E-state index >= 15 is 0 Å². The van der Waals surface area contributed by atoms with Crippen LogP contribution in [-0.2, 0) is 32.6 Å². The third-order valence-corrected chi connectivity index (χ3v) is 6.28. The van der Waals surface area contributed by atoms with Crippen molar-refractivity contribution in [3.63, 3.8) is 0 Å². The van der Waals surface area contributed by atoms with Crippen molar-refractivity contribution in [1.29, 1.82) is 0 Å². The molecule has 1 aromatic carbocycles. The number of amides is 3. The number of fused-ring (bicyclic) bond motifs is 1. The van der Waals surface area contributed by atoms with E-state index in [1.165, 1.54) is 23.1 Å². The molecule has 0 radical (unpaired) electrons. The van der Waals surface area contributed by atoms with Crippen LogP contribution in [0.1, 0.15) is 41.4 Å². The van der Waals surface area contributed by atoms with Crippen molar-refractivity contribution in [3.8, 4) is 0 Å². The van der Waals surface area contributed by atoms with Gasteiger partial charge >= 0.3 is 0 Å². The summed E-state index contributed by atoms with van der Waals surface area (Å²) in [5, 5.41) is 2.06. The molecule has 10 heteroatoms. The van der Waals surface area contributed by atoms with Gasteiger partial charge in [0.05, 0.1) is 0 Å². The molecular weight excluding hydrogens is 398 g/mol. The third kappa shape index (κ3) is 3.51. The number of piperidine rings is 1. The molecule has 9 nitrogen and oxygen atoms in total. The Hall–Kier alpha value is -3.14. The number of nitrogens with one attached hydrogen (secondary N) is 2. The van der Waals surface area contributed by atoms with Crippen molar-refractivity contribution in [1.82, 2.24) is 10.2 Å². The third-order valence-electron chi connectivity index (χ3n) is 5.03. The number of hydrogen-bond donors (Lipinski definition) is 2. The summed E-state index contributed by atoms with van der Waals surface area (Å²) < 4.78 is 32.8. The first-order valence-corrected chi connectivity index (χ1v) is 10.7. The second kappa shape index (κ2) is 7.03. The highest BCUT2D eigenvalue weighted by Crippen LogP contribution is 2.30. The molecule has 2 aliphatic rings. The lowest BCUT2D eigenvalue weighted by molar-refractivity contribution is -0.136. The topological polar surface area (TPSA) is 126 Å². The van der Waals surface area contributed by atoms with Crippen molar-refractivity contribution >= 4 is 33.4 Å². The number of furan rings is 1. The van der Waals surface area contributed by atoms with Crippen LogP contribution in [0.5, 0.6) is 0 Å². The van der Waals surface area contributed by atoms with Crippen LogP contribution in [0.3, 0.4) is 0 Å². The monoisotopic (exact) mass is 417 g/mol. The van der Waals surface area contributed by atoms with Crippen LogP contribution in [-0.4, -0.2) is 37.1 Å². The maximum Gasteiger partial charge on any atom is 0.295 e. The molecule has 2 aromatic rings. The van der Waals surface area contributed by atoms with E-state index in [4.69, 9.17) is 4.42 Å². The molecule has 0 saturated carbocycles. The number of carbonyl (C=O) groups is 3. The summed E-state index contributed by atoms with van der Waals surface area (Å²) in [6, 6.07) is 6.87. The number of imide groups is 1. The van der Waals surface area contributed by atoms with Gasteiger partial charge in [0.25, 0.3) is 15.9 Å². The maximum atomic E-state index is 12.7. The molecule has 1 saturated heterocycles. The average molecular weight is 417 g/mol. The van der Waals surface area contributed by atoms with Gasteiger partial charge in [0.2, 0.25) is 16.9 Å². The van der Waals surface area contributed by atoms with Crippen molar-refractivity contribution in [3.05, 3.63) is 47.2 Å². The van der Waals surface area contributed by atoms with Gasteiger partial charge in [-0.05, 0) is 42.3 Å². The van der Waals surface area contributed by atoms with E-state index < -0.39 is 22.0 Å². The van der Waals surface area contributed by atoms with Crippen LogP contribution in [0.25, 0.3) is 0 Å². The Labute approximate surface area is 167 Å². The lowest BCUT2D eigenvalue weighted by atomic mass is 10.0. The van der Waals surface area contributed by atoms with E-state index in [1.54, 1.807) is 12.1 Å². The number of benzene rings is 1. The molecule has 3 amide bonds. The predicted octanol–water partition coefficient (Wildman–Crippen LogP) is 1.40. The van der Waals surface area contributed by atoms with Crippen molar-refractivity contribution in [2.45, 2.75) is 43.9 Å². The van der Waals surface area contributed by atoms with E-state index in [0.717, 1.165) is 0 Å². The molecule has 1 aromatic heterocycles. The zero-order valence-electron chi connectivity index (χ0n) is 15.6. The summed E-state index contributed by atoms with van der Waals surface area (Å²) in [7, 11) is -3.90. The number of hydrogen-bond acceptors (Lipinski definition) is 6. The van der Waals surface area contributed by atoms with Crippen molar-refractivity contribution in [2.24, 2.45) is 0 Å². The van der Waals surface area contributed by atoms with Crippen LogP contribution in [0, 0.1) is 0 Å². The average Bonchev–Trinajstić information content (AvgIpc) is 3.27. The summed E-state index contributed by atoms with van der Waals surface area (Å²) in [5.41, 5.74) is 1.30. The minimum atomic E-state index is -3.90. The predicted molar refractivity (Wildman–Crippen MR) is 101 cm³/mol. The first-order chi connectivity index (χ1) is 13.8. The number of rotatable bonds is 5. The smallest absolute Gasteiger partial charge is 0.295 e. The fourth-order valence-corrected chi connectivity index (χ4v) is 4.54. The Bertz CT molecular complexity index is 1120. The van der Waals surface area contributed by atoms with E-state index in [0.29, 0.717) is 23.3 Å². The molecule has 3 heterocycles. The fraction of sp³-hybridized carbons (Fsp3) is 0.316. The minimum Gasteiger partial charge on any atom is -0.448 e. The Morgan fingerprint density at radius 1 is 1.21 bits per heavy atom. The van der Waals surface area contributed by atoms with Crippen LogP contribution < -0.4 is 10.0 Å². The highest BCUT2D eigenvalue weighted by Gasteiger charge is 2.39. The molecule has 1 unspecified atom stereocenters. The number of sulfonamides is 1. The Morgan fingerprint density at radius 3 is 2.69 bits per heavy atom. The summed E-state index contributed by atoms with van der Waals surface area (Å²) in [4.78, 5) is 37.5. The second-order valence-corrected chi connectivity index (χ2v) is 8.57. The van der Waals surface area contributed by atoms with Gasteiger partial charge in [-0.25, -0.2) is 0 Å². The Kier molecular flexibility index (Phi) is 4.65. The van der Waals surface area contributed by atoms with Crippen LogP contribution >= 0.6 is 0 Å². The van der Waals surface area contributed by atoms with Crippen LogP contribution in [0.15, 0.2) is 39.8 Å². The first-order valence-electron chi connectivity index (χ1n) is 9.17. The molecular formula is C19H19N3O6S. The number of carbonyl (C=O) groups excluding carboxylic acids is 3. The normalized spacial score (nSPS) is 19.3. The Morgan fingerprint density at radius 2 is 2.00 bits per heavy atom. The van der Waals surface area contributed by atoms with E-state index in [2.05, 4.69) is 10.0 Å². The van der Waals surface area contributed by atoms with Crippen LogP contribution in [0.2, 0.25) is 0 Å². The van der Waals surface area contributed by atoms with Gasteiger partial charge < -0.3 is 9.32 Å². The Balaban J connectivity index is 1.54. The molecule has 0 spiro atoms. The van der Waals surface area contributed by atoms with Gasteiger partial charge in [-0.2, -0.15) is 8.42 Å². The van der Waals surface area contributed by atoms with Gasteiger partial charge in [0.1, 0.15) is 11.8 Å². The van der Waals surface area contributed by atoms with Gasteiger partial charge in [0, 0.05) is 30.6 Å². The van der Waals surface area contributed by atoms with Gasteiger partial charge in [-0.1, -0.05) is 6.92 Å². The zero-order valence-corrected chi connectivity index (χ0v) is 16.4. The number of aryl methyl sites for hydroxylation is 1. The standard InChI is InChI=1S/C19H19N3O6S/c1-2-13-4-8-17(28-13)29(26,27)21-12-3-5-14-11(9-12)10-22(19(14)25)15-6-7-16(23)20-18(15)24/h3-5,8-9,15,21H,2,6-7,10H2,1H3,(H,20,23,24). The summed E-state index contributed by atoms with van der Waals surface area (Å²) in [5.74, 6) is -0.600. The SMILES string of the molecule is CCc1ccc(S(=O)(=O)Nc2ccc3c(c2)CN(C2CCC(=O)NC2=O)C3=O)o1. The van der Waals surface area contributed by atoms with Gasteiger partial charge in [0.15, 0.2) is 0 Å². The van der Waals surface area contributed by atoms with Gasteiger partial charge in [-0.3, -0.25) is 24.4 Å². The van der Waals surface area contributed by atoms with Gasteiger partial charge in [-0.15, -0.1) is 0 Å². The minimum absolute atomic E-state index is 0.163. The molecule has 2 aliphatic heterocycles. The highest BCUT2D eigenvalue weighted by molar-refractivity contribution is 7.92. The lowest BCUT2D eigenvalue weighted by Crippen LogP contribution is -2.52. The van der Waals surface area contributed by atoms with Crippen molar-refractivity contribution < 1.29 is 27.2 Å². The first kappa shape index (κ1) is 19.2. The van der Waals surface area contributed by atoms with Crippen molar-refractivity contribution in [2.75, 3.05) is 4.72 Å². The molecule has 1 atom stereocenters. The molecule has 152 valence electrons.